The van der Waals surface area contributed by atoms with Gasteiger partial charge < -0.3 is 10.6 Å². The van der Waals surface area contributed by atoms with Crippen LogP contribution in [-0.4, -0.2) is 24.7 Å². The normalized spacial score (nSPS) is 31.6. The van der Waals surface area contributed by atoms with E-state index >= 15 is 0 Å². The molecule has 0 amide bonds. The van der Waals surface area contributed by atoms with Gasteiger partial charge in [-0.15, -0.1) is 0 Å². The van der Waals surface area contributed by atoms with Gasteiger partial charge in [0.25, 0.3) is 0 Å². The quantitative estimate of drug-likeness (QED) is 0.697. The van der Waals surface area contributed by atoms with Gasteiger partial charge in [-0.3, -0.25) is 0 Å². The molecule has 0 radical (unpaired) electrons. The Bertz CT molecular complexity index is 136. The van der Waals surface area contributed by atoms with Gasteiger partial charge in [0, 0.05) is 24.7 Å². The molecule has 0 aromatic rings. The van der Waals surface area contributed by atoms with Gasteiger partial charge in [0.15, 0.2) is 0 Å². The molecule has 0 aromatic heterocycles. The number of nitrogens with one attached hydrogen (secondary N) is 2. The lowest BCUT2D eigenvalue weighted by Crippen LogP contribution is -2.47. The summed E-state index contributed by atoms with van der Waals surface area (Å²) in [5.41, 5.74) is 0. The predicted molar refractivity (Wildman–Crippen MR) is 58.0 cm³/mol. The lowest BCUT2D eigenvalue weighted by atomic mass is 9.99. The molecule has 1 aliphatic heterocycles. The molecule has 2 nitrogen and oxygen atoms in total. The SMILES string of the molecule is CCC(C)NCC1CCCC(C)N1. The van der Waals surface area contributed by atoms with Gasteiger partial charge in [0.2, 0.25) is 0 Å². The molecule has 1 aliphatic rings. The molecular formula is C11H24N2. The van der Waals surface area contributed by atoms with Gasteiger partial charge >= 0.3 is 0 Å². The zero-order chi connectivity index (χ0) is 9.68. The number of hydrogen-bond acceptors (Lipinski definition) is 2. The summed E-state index contributed by atoms with van der Waals surface area (Å²) < 4.78 is 0. The van der Waals surface area contributed by atoms with Gasteiger partial charge in [0.05, 0.1) is 0 Å². The molecule has 0 bridgehead atoms. The lowest BCUT2D eigenvalue weighted by Gasteiger charge is -2.29. The molecule has 2 heteroatoms. The first-order chi connectivity index (χ1) is 6.22. The van der Waals surface area contributed by atoms with Crippen LogP contribution >= 0.6 is 0 Å². The zero-order valence-corrected chi connectivity index (χ0v) is 9.27. The summed E-state index contributed by atoms with van der Waals surface area (Å²) in [6.45, 7) is 7.91. The Morgan fingerprint density at radius 3 is 2.85 bits per heavy atom. The molecule has 1 rings (SSSR count). The maximum atomic E-state index is 3.63. The van der Waals surface area contributed by atoms with Crippen molar-refractivity contribution in [3.8, 4) is 0 Å². The van der Waals surface area contributed by atoms with Crippen LogP contribution < -0.4 is 10.6 Å². The molecule has 3 unspecified atom stereocenters. The van der Waals surface area contributed by atoms with Crippen LogP contribution in [0, 0.1) is 0 Å². The van der Waals surface area contributed by atoms with Crippen LogP contribution in [0.3, 0.4) is 0 Å². The first-order valence-corrected chi connectivity index (χ1v) is 5.71. The minimum atomic E-state index is 0.666. The van der Waals surface area contributed by atoms with Crippen molar-refractivity contribution in [3.05, 3.63) is 0 Å². The minimum absolute atomic E-state index is 0.666. The van der Waals surface area contributed by atoms with Crippen LogP contribution in [-0.2, 0) is 0 Å². The summed E-state index contributed by atoms with van der Waals surface area (Å²) in [6, 6.07) is 2.09. The van der Waals surface area contributed by atoms with Gasteiger partial charge in [-0.2, -0.15) is 0 Å². The molecule has 78 valence electrons. The minimum Gasteiger partial charge on any atom is -0.313 e. The fourth-order valence-corrected chi connectivity index (χ4v) is 1.89. The number of rotatable bonds is 4. The van der Waals surface area contributed by atoms with Crippen LogP contribution in [0.15, 0.2) is 0 Å². The van der Waals surface area contributed by atoms with Gasteiger partial charge in [-0.25, -0.2) is 0 Å². The smallest absolute Gasteiger partial charge is 0.0195 e. The topological polar surface area (TPSA) is 24.1 Å². The molecule has 0 aliphatic carbocycles. The van der Waals surface area contributed by atoms with Crippen LogP contribution in [0.25, 0.3) is 0 Å². The Morgan fingerprint density at radius 2 is 2.23 bits per heavy atom. The lowest BCUT2D eigenvalue weighted by molar-refractivity contribution is 0.316. The van der Waals surface area contributed by atoms with E-state index in [0.29, 0.717) is 12.1 Å². The van der Waals surface area contributed by atoms with E-state index in [1.54, 1.807) is 0 Å². The van der Waals surface area contributed by atoms with Crippen LogP contribution in [0.1, 0.15) is 46.5 Å². The third kappa shape index (κ3) is 4.10. The van der Waals surface area contributed by atoms with E-state index in [9.17, 15) is 0 Å². The van der Waals surface area contributed by atoms with Gasteiger partial charge in [0.1, 0.15) is 0 Å². The molecule has 0 aromatic carbocycles. The molecule has 13 heavy (non-hydrogen) atoms. The number of piperidine rings is 1. The highest BCUT2D eigenvalue weighted by atomic mass is 15.0. The molecule has 0 spiro atoms. The monoisotopic (exact) mass is 184 g/mol. The summed E-state index contributed by atoms with van der Waals surface area (Å²) in [5.74, 6) is 0. The Labute approximate surface area is 82.5 Å². The van der Waals surface area contributed by atoms with Crippen molar-refractivity contribution in [2.24, 2.45) is 0 Å². The standard InChI is InChI=1S/C11H24N2/c1-4-9(2)12-8-11-7-5-6-10(3)13-11/h9-13H,4-8H2,1-3H3. The van der Waals surface area contributed by atoms with Crippen molar-refractivity contribution in [1.82, 2.24) is 10.6 Å². The highest BCUT2D eigenvalue weighted by Crippen LogP contribution is 2.11. The summed E-state index contributed by atoms with van der Waals surface area (Å²) in [4.78, 5) is 0. The maximum absolute atomic E-state index is 3.63. The Hall–Kier alpha value is -0.0800. The Kier molecular flexibility index (Phi) is 4.74. The van der Waals surface area contributed by atoms with Crippen molar-refractivity contribution in [2.75, 3.05) is 6.54 Å². The first-order valence-electron chi connectivity index (χ1n) is 5.71. The van der Waals surface area contributed by atoms with Crippen molar-refractivity contribution >= 4 is 0 Å². The molecule has 1 saturated heterocycles. The molecule has 0 saturated carbocycles. The third-order valence-corrected chi connectivity index (χ3v) is 3.04. The highest BCUT2D eigenvalue weighted by Gasteiger charge is 2.17. The second-order valence-electron chi connectivity index (χ2n) is 4.41. The van der Waals surface area contributed by atoms with E-state index < -0.39 is 0 Å². The second kappa shape index (κ2) is 5.61. The van der Waals surface area contributed by atoms with E-state index in [0.717, 1.165) is 12.6 Å². The molecule has 1 heterocycles. The van der Waals surface area contributed by atoms with E-state index in [2.05, 4.69) is 31.4 Å². The first kappa shape index (κ1) is 11.0. The molecule has 1 fully saturated rings. The van der Waals surface area contributed by atoms with Crippen LogP contribution in [0.4, 0.5) is 0 Å². The van der Waals surface area contributed by atoms with E-state index in [4.69, 9.17) is 0 Å². The summed E-state index contributed by atoms with van der Waals surface area (Å²) in [6.07, 6.45) is 5.30. The van der Waals surface area contributed by atoms with Crippen LogP contribution in [0.2, 0.25) is 0 Å². The third-order valence-electron chi connectivity index (χ3n) is 3.04. The van der Waals surface area contributed by atoms with Gasteiger partial charge in [-0.1, -0.05) is 13.3 Å². The number of hydrogen-bond donors (Lipinski definition) is 2. The second-order valence-corrected chi connectivity index (χ2v) is 4.41. The summed E-state index contributed by atoms with van der Waals surface area (Å²) in [5, 5.41) is 7.19. The van der Waals surface area contributed by atoms with E-state index in [1.807, 2.05) is 0 Å². The average Bonchev–Trinajstić information content (AvgIpc) is 2.14. The van der Waals surface area contributed by atoms with Crippen molar-refractivity contribution in [2.45, 2.75) is 64.6 Å². The Morgan fingerprint density at radius 1 is 1.46 bits per heavy atom. The van der Waals surface area contributed by atoms with Crippen molar-refractivity contribution in [3.63, 3.8) is 0 Å². The Balaban J connectivity index is 2.13. The van der Waals surface area contributed by atoms with Gasteiger partial charge in [-0.05, 0) is 33.1 Å². The van der Waals surface area contributed by atoms with E-state index in [1.165, 1.54) is 25.7 Å². The average molecular weight is 184 g/mol. The molecule has 2 N–H and O–H groups in total. The highest BCUT2D eigenvalue weighted by molar-refractivity contribution is 4.79. The summed E-state index contributed by atoms with van der Waals surface area (Å²) in [7, 11) is 0. The van der Waals surface area contributed by atoms with E-state index in [-0.39, 0.29) is 0 Å². The zero-order valence-electron chi connectivity index (χ0n) is 9.27. The predicted octanol–water partition coefficient (Wildman–Crippen LogP) is 1.91. The maximum Gasteiger partial charge on any atom is 0.0195 e. The fourth-order valence-electron chi connectivity index (χ4n) is 1.89. The van der Waals surface area contributed by atoms with Crippen LogP contribution in [0.5, 0.6) is 0 Å². The van der Waals surface area contributed by atoms with Crippen molar-refractivity contribution in [1.29, 1.82) is 0 Å². The largest absolute Gasteiger partial charge is 0.313 e. The van der Waals surface area contributed by atoms with Crippen molar-refractivity contribution < 1.29 is 0 Å². The fraction of sp³-hybridized carbons (Fsp3) is 1.00. The molecule has 3 atom stereocenters. The molecular weight excluding hydrogens is 160 g/mol. The summed E-state index contributed by atoms with van der Waals surface area (Å²) >= 11 is 0.